The first kappa shape index (κ1) is 22.4. The van der Waals surface area contributed by atoms with E-state index >= 15 is 0 Å². The van der Waals surface area contributed by atoms with Crippen molar-refractivity contribution in [1.29, 1.82) is 0 Å². The summed E-state index contributed by atoms with van der Waals surface area (Å²) < 4.78 is 22.1. The van der Waals surface area contributed by atoms with E-state index in [4.69, 9.17) is 4.74 Å². The zero-order valence-corrected chi connectivity index (χ0v) is 19.7. The fourth-order valence-electron chi connectivity index (χ4n) is 4.30. The maximum Gasteiger partial charge on any atom is 0.272 e. The first-order valence-electron chi connectivity index (χ1n) is 11.2. The third-order valence-electron chi connectivity index (χ3n) is 5.81. The van der Waals surface area contributed by atoms with E-state index in [2.05, 4.69) is 45.6 Å². The number of hydrogen-bond acceptors (Lipinski definition) is 6. The number of anilines is 2. The molecule has 0 spiro atoms. The zero-order chi connectivity index (χ0) is 23.7. The van der Waals surface area contributed by atoms with Crippen molar-refractivity contribution in [2.75, 3.05) is 22.7 Å². The summed E-state index contributed by atoms with van der Waals surface area (Å²) in [6.07, 6.45) is 3.87. The first-order chi connectivity index (χ1) is 16.5. The van der Waals surface area contributed by atoms with Crippen LogP contribution in [0.25, 0.3) is 22.0 Å². The summed E-state index contributed by atoms with van der Waals surface area (Å²) in [6.45, 7) is 5.83. The fraction of sp³-hybridized carbons (Fsp3) is 0.231. The predicted molar refractivity (Wildman–Crippen MR) is 136 cm³/mol. The number of ether oxygens (including phenoxy) is 1. The van der Waals surface area contributed by atoms with Gasteiger partial charge in [0.1, 0.15) is 11.5 Å². The van der Waals surface area contributed by atoms with Gasteiger partial charge in [0.2, 0.25) is 0 Å². The van der Waals surface area contributed by atoms with Crippen molar-refractivity contribution in [2.45, 2.75) is 31.0 Å². The second-order valence-electron chi connectivity index (χ2n) is 8.51. The van der Waals surface area contributed by atoms with Gasteiger partial charge in [-0.25, -0.2) is 4.39 Å². The van der Waals surface area contributed by atoms with Crippen molar-refractivity contribution < 1.29 is 9.13 Å². The molecule has 3 heterocycles. The molecule has 2 N–H and O–H groups in total. The van der Waals surface area contributed by atoms with Crippen LogP contribution in [0.4, 0.5) is 15.8 Å². The number of halogens is 1. The van der Waals surface area contributed by atoms with Gasteiger partial charge in [0.05, 0.1) is 17.7 Å². The van der Waals surface area contributed by atoms with E-state index in [1.807, 2.05) is 24.4 Å². The van der Waals surface area contributed by atoms with Crippen LogP contribution in [0.1, 0.15) is 13.8 Å². The Hall–Kier alpha value is -3.36. The molecular formula is C26H25FN4O2S. The number of aromatic amines is 1. The van der Waals surface area contributed by atoms with Crippen LogP contribution in [-0.2, 0) is 4.74 Å². The molecule has 0 bridgehead atoms. The minimum atomic E-state index is -0.296. The lowest BCUT2D eigenvalue weighted by atomic mass is 10.0. The molecule has 2 aromatic carbocycles. The standard InChI is InChI=1S/C26H25FN4O2S/c1-16-14-31(15-17(2)33-16)25-9-10-28-23-8-3-18(11-22(23)25)19-12-24(26(32)29-13-19)30-34-21-6-4-20(27)5-7-21/h3-13,16-17,30H,14-15H2,1-2H3,(H,29,32). The predicted octanol–water partition coefficient (Wildman–Crippen LogP) is 5.46. The van der Waals surface area contributed by atoms with Crippen LogP contribution in [0.15, 0.2) is 76.7 Å². The lowest BCUT2D eigenvalue weighted by molar-refractivity contribution is -0.00513. The highest BCUT2D eigenvalue weighted by Crippen LogP contribution is 2.32. The largest absolute Gasteiger partial charge is 0.372 e. The fourth-order valence-corrected chi connectivity index (χ4v) is 4.96. The minimum absolute atomic E-state index is 0.154. The van der Waals surface area contributed by atoms with Crippen LogP contribution < -0.4 is 15.2 Å². The SMILES string of the molecule is CC1CN(c2ccnc3ccc(-c4c[nH]c(=O)c(NSc5ccc(F)cc5)c4)cc23)CC(C)O1. The number of benzene rings is 2. The summed E-state index contributed by atoms with van der Waals surface area (Å²) >= 11 is 1.26. The summed E-state index contributed by atoms with van der Waals surface area (Å²) in [6, 6.07) is 16.1. The van der Waals surface area contributed by atoms with Crippen molar-refractivity contribution in [1.82, 2.24) is 9.97 Å². The highest BCUT2D eigenvalue weighted by molar-refractivity contribution is 8.00. The Morgan fingerprint density at radius 1 is 1.06 bits per heavy atom. The van der Waals surface area contributed by atoms with E-state index in [9.17, 15) is 9.18 Å². The molecular weight excluding hydrogens is 451 g/mol. The van der Waals surface area contributed by atoms with Crippen LogP contribution in [0.5, 0.6) is 0 Å². The molecule has 2 aromatic heterocycles. The molecule has 4 aromatic rings. The van der Waals surface area contributed by atoms with E-state index in [0.717, 1.165) is 45.7 Å². The monoisotopic (exact) mass is 476 g/mol. The topological polar surface area (TPSA) is 70.2 Å². The summed E-state index contributed by atoms with van der Waals surface area (Å²) in [5.74, 6) is -0.296. The van der Waals surface area contributed by atoms with E-state index in [-0.39, 0.29) is 23.6 Å². The maximum absolute atomic E-state index is 13.2. The number of nitrogens with one attached hydrogen (secondary N) is 2. The molecule has 34 heavy (non-hydrogen) atoms. The number of aromatic nitrogens is 2. The number of rotatable bonds is 5. The molecule has 5 rings (SSSR count). The Morgan fingerprint density at radius 3 is 2.59 bits per heavy atom. The van der Waals surface area contributed by atoms with Gasteiger partial charge in [0.25, 0.3) is 5.56 Å². The normalized spacial score (nSPS) is 18.3. The minimum Gasteiger partial charge on any atom is -0.372 e. The van der Waals surface area contributed by atoms with E-state index in [1.165, 1.54) is 24.1 Å². The quantitative estimate of drug-likeness (QED) is 0.373. The second-order valence-corrected chi connectivity index (χ2v) is 9.39. The average molecular weight is 477 g/mol. The van der Waals surface area contributed by atoms with Gasteiger partial charge in [-0.05, 0) is 79.9 Å². The van der Waals surface area contributed by atoms with Crippen molar-refractivity contribution in [3.63, 3.8) is 0 Å². The Labute approximate surface area is 201 Å². The molecule has 0 radical (unpaired) electrons. The van der Waals surface area contributed by atoms with Gasteiger partial charge >= 0.3 is 0 Å². The summed E-state index contributed by atoms with van der Waals surface area (Å²) in [4.78, 5) is 22.9. The van der Waals surface area contributed by atoms with Crippen molar-refractivity contribution in [3.8, 4) is 11.1 Å². The third kappa shape index (κ3) is 4.78. The molecule has 174 valence electrons. The summed E-state index contributed by atoms with van der Waals surface area (Å²) in [5.41, 5.74) is 4.10. The molecule has 2 unspecified atom stereocenters. The van der Waals surface area contributed by atoms with E-state index in [0.29, 0.717) is 5.69 Å². The Kier molecular flexibility index (Phi) is 6.26. The number of morpholine rings is 1. The van der Waals surface area contributed by atoms with Crippen molar-refractivity contribution >= 4 is 34.2 Å². The number of nitrogens with zero attached hydrogens (tertiary/aromatic N) is 2. The highest BCUT2D eigenvalue weighted by Gasteiger charge is 2.23. The molecule has 0 amide bonds. The molecule has 8 heteroatoms. The van der Waals surface area contributed by atoms with Gasteiger partial charge in [0.15, 0.2) is 0 Å². The van der Waals surface area contributed by atoms with Gasteiger partial charge in [-0.2, -0.15) is 0 Å². The summed E-state index contributed by atoms with van der Waals surface area (Å²) in [7, 11) is 0. The molecule has 0 aliphatic carbocycles. The average Bonchev–Trinajstić information content (AvgIpc) is 2.83. The van der Waals surface area contributed by atoms with Crippen LogP contribution in [0.2, 0.25) is 0 Å². The molecule has 6 nitrogen and oxygen atoms in total. The van der Waals surface area contributed by atoms with Gasteiger partial charge in [-0.1, -0.05) is 6.07 Å². The van der Waals surface area contributed by atoms with E-state index < -0.39 is 0 Å². The molecule has 1 fully saturated rings. The first-order valence-corrected chi connectivity index (χ1v) is 12.0. The van der Waals surface area contributed by atoms with Crippen LogP contribution in [-0.4, -0.2) is 35.3 Å². The molecule has 1 aliphatic rings. The van der Waals surface area contributed by atoms with Gasteiger partial charge in [-0.3, -0.25) is 9.78 Å². The smallest absolute Gasteiger partial charge is 0.272 e. The highest BCUT2D eigenvalue weighted by atomic mass is 32.2. The number of fused-ring (bicyclic) bond motifs is 1. The van der Waals surface area contributed by atoms with Crippen LogP contribution >= 0.6 is 11.9 Å². The Balaban J connectivity index is 1.46. The van der Waals surface area contributed by atoms with Gasteiger partial charge < -0.3 is 19.3 Å². The Bertz CT molecular complexity index is 1370. The Morgan fingerprint density at radius 2 is 1.82 bits per heavy atom. The van der Waals surface area contributed by atoms with Crippen molar-refractivity contribution in [3.05, 3.63) is 83.2 Å². The summed E-state index contributed by atoms with van der Waals surface area (Å²) in [5, 5.41) is 1.06. The van der Waals surface area contributed by atoms with Crippen molar-refractivity contribution in [2.24, 2.45) is 0 Å². The molecule has 0 saturated carbocycles. The lowest BCUT2D eigenvalue weighted by Gasteiger charge is -2.37. The molecule has 1 aliphatic heterocycles. The lowest BCUT2D eigenvalue weighted by Crippen LogP contribution is -2.45. The maximum atomic E-state index is 13.2. The zero-order valence-electron chi connectivity index (χ0n) is 18.9. The third-order valence-corrected chi connectivity index (χ3v) is 6.64. The van der Waals surface area contributed by atoms with Gasteiger partial charge in [-0.15, -0.1) is 0 Å². The van der Waals surface area contributed by atoms with Crippen LogP contribution in [0.3, 0.4) is 0 Å². The molecule has 1 saturated heterocycles. The van der Waals surface area contributed by atoms with E-state index in [1.54, 1.807) is 18.3 Å². The number of pyridine rings is 2. The van der Waals surface area contributed by atoms with Gasteiger partial charge in [0, 0.05) is 47.0 Å². The number of hydrogen-bond donors (Lipinski definition) is 2. The van der Waals surface area contributed by atoms with Crippen LogP contribution in [0, 0.1) is 5.82 Å². The number of H-pyrrole nitrogens is 1. The second kappa shape index (κ2) is 9.48. The molecule has 2 atom stereocenters.